The van der Waals surface area contributed by atoms with Gasteiger partial charge in [0.05, 0.1) is 40.7 Å². The number of H-pyrrole nitrogens is 2. The van der Waals surface area contributed by atoms with Crippen LogP contribution >= 0.6 is 11.3 Å². The summed E-state index contributed by atoms with van der Waals surface area (Å²) in [4.78, 5) is 33.4. The zero-order valence-corrected chi connectivity index (χ0v) is 21.0. The fraction of sp³-hybridized carbons (Fsp3) is 0.154. The number of aromatic nitrogens is 7. The van der Waals surface area contributed by atoms with Crippen molar-refractivity contribution in [1.29, 1.82) is 0 Å². The lowest BCUT2D eigenvalue weighted by Crippen LogP contribution is -2.14. The molecule has 6 rings (SSSR count). The molecule has 0 fully saturated rings. The monoisotopic (exact) mass is 530 g/mol. The number of amides is 1. The van der Waals surface area contributed by atoms with E-state index in [4.69, 9.17) is 0 Å². The summed E-state index contributed by atoms with van der Waals surface area (Å²) in [6.45, 7) is 3.90. The molecular weight excluding hydrogens is 510 g/mol. The van der Waals surface area contributed by atoms with Crippen molar-refractivity contribution in [3.8, 4) is 33.2 Å². The predicted molar refractivity (Wildman–Crippen MR) is 141 cm³/mol. The van der Waals surface area contributed by atoms with Crippen LogP contribution in [0.5, 0.6) is 0 Å². The number of thiophene rings is 1. The molecule has 0 atom stereocenters. The third-order valence-electron chi connectivity index (χ3n) is 5.89. The van der Waals surface area contributed by atoms with Gasteiger partial charge in [-0.25, -0.2) is 9.37 Å². The Kier molecular flexibility index (Phi) is 5.87. The van der Waals surface area contributed by atoms with Crippen molar-refractivity contribution in [3.63, 3.8) is 0 Å². The Morgan fingerprint density at radius 1 is 1.05 bits per heavy atom. The van der Waals surface area contributed by atoms with Crippen molar-refractivity contribution in [3.05, 3.63) is 60.1 Å². The fourth-order valence-corrected chi connectivity index (χ4v) is 4.99. The van der Waals surface area contributed by atoms with Crippen molar-refractivity contribution in [1.82, 2.24) is 35.1 Å². The van der Waals surface area contributed by atoms with Crippen LogP contribution in [-0.2, 0) is 4.79 Å². The number of hydrogen-bond donors (Lipinski definition) is 3. The Balaban J connectivity index is 1.42. The van der Waals surface area contributed by atoms with Gasteiger partial charge in [0.1, 0.15) is 16.9 Å². The van der Waals surface area contributed by atoms with Gasteiger partial charge in [-0.15, -0.1) is 11.3 Å². The van der Waals surface area contributed by atoms with Crippen LogP contribution in [0.25, 0.3) is 55.2 Å². The van der Waals surface area contributed by atoms with Crippen molar-refractivity contribution >= 4 is 44.9 Å². The highest BCUT2D eigenvalue weighted by molar-refractivity contribution is 7.14. The summed E-state index contributed by atoms with van der Waals surface area (Å²) in [5, 5.41) is 9.78. The number of fused-ring (bicyclic) bond motifs is 2. The van der Waals surface area contributed by atoms with Crippen LogP contribution in [-0.4, -0.2) is 41.0 Å². The summed E-state index contributed by atoms with van der Waals surface area (Å²) in [6, 6.07) is 4.68. The number of hydrogen-bond acceptors (Lipinski definition) is 7. The molecule has 0 aliphatic rings. The van der Waals surface area contributed by atoms with E-state index in [1.165, 1.54) is 24.7 Å². The van der Waals surface area contributed by atoms with E-state index >= 15 is 4.39 Å². The Bertz CT molecular complexity index is 1820. The lowest BCUT2D eigenvalue weighted by Gasteiger charge is -2.09. The van der Waals surface area contributed by atoms with E-state index < -0.39 is 5.82 Å². The smallest absolute Gasteiger partial charge is 0.224 e. The summed E-state index contributed by atoms with van der Waals surface area (Å²) in [5.74, 6) is -0.244. The zero-order valence-electron chi connectivity index (χ0n) is 20.2. The molecule has 38 heavy (non-hydrogen) atoms. The van der Waals surface area contributed by atoms with Crippen molar-refractivity contribution in [2.75, 3.05) is 5.32 Å². The van der Waals surface area contributed by atoms with Crippen molar-refractivity contribution < 1.29 is 13.6 Å². The van der Waals surface area contributed by atoms with E-state index in [9.17, 15) is 9.18 Å². The van der Waals surface area contributed by atoms with Crippen molar-refractivity contribution in [2.45, 2.75) is 20.3 Å². The Morgan fingerprint density at radius 3 is 2.68 bits per heavy atom. The van der Waals surface area contributed by atoms with E-state index in [0.717, 1.165) is 11.3 Å². The Labute approximate surface area is 218 Å². The molecule has 0 spiro atoms. The third kappa shape index (κ3) is 4.28. The molecule has 0 radical (unpaired) electrons. The highest BCUT2D eigenvalue weighted by Gasteiger charge is 2.22. The molecule has 6 aromatic heterocycles. The number of nitrogens with zero attached hydrogens (tertiary/aromatic N) is 5. The lowest BCUT2D eigenvalue weighted by atomic mass is 10.1. The number of rotatable bonds is 6. The minimum atomic E-state index is -0.613. The molecule has 190 valence electrons. The van der Waals surface area contributed by atoms with Gasteiger partial charge in [-0.3, -0.25) is 24.8 Å². The maximum absolute atomic E-state index is 16.0. The van der Waals surface area contributed by atoms with Crippen LogP contribution in [0.4, 0.5) is 14.5 Å². The first-order valence-corrected chi connectivity index (χ1v) is 12.6. The van der Waals surface area contributed by atoms with Gasteiger partial charge in [-0.2, -0.15) is 9.49 Å². The molecule has 6 heterocycles. The first-order valence-electron chi connectivity index (χ1n) is 11.7. The second-order valence-electron chi connectivity index (χ2n) is 9.16. The molecule has 12 heteroatoms. The van der Waals surface area contributed by atoms with Crippen LogP contribution in [0.15, 0.2) is 49.2 Å². The molecule has 6 aromatic rings. The largest absolute Gasteiger partial charge is 0.335 e. The second-order valence-corrected chi connectivity index (χ2v) is 10.2. The van der Waals surface area contributed by atoms with E-state index in [2.05, 4.69) is 40.4 Å². The van der Waals surface area contributed by atoms with Gasteiger partial charge < -0.3 is 10.3 Å². The van der Waals surface area contributed by atoms with Gasteiger partial charge in [0.2, 0.25) is 5.91 Å². The van der Waals surface area contributed by atoms with Crippen LogP contribution in [0.2, 0.25) is 0 Å². The molecule has 3 N–H and O–H groups in total. The summed E-state index contributed by atoms with van der Waals surface area (Å²) in [5.41, 5.74) is 3.37. The first-order chi connectivity index (χ1) is 18.4. The average Bonchev–Trinajstić information content (AvgIpc) is 3.61. The number of anilines is 1. The van der Waals surface area contributed by atoms with Crippen molar-refractivity contribution in [2.24, 2.45) is 5.92 Å². The summed E-state index contributed by atoms with van der Waals surface area (Å²) in [7, 11) is 0. The number of carbonyl (C=O) groups excluding carboxylic acids is 1. The van der Waals surface area contributed by atoms with E-state index in [1.54, 1.807) is 24.5 Å². The highest BCUT2D eigenvalue weighted by Crippen LogP contribution is 2.35. The number of halogens is 2. The van der Waals surface area contributed by atoms with Crippen LogP contribution in [0, 0.1) is 16.9 Å². The number of carbonyl (C=O) groups is 1. The minimum Gasteiger partial charge on any atom is -0.335 e. The number of pyridine rings is 3. The van der Waals surface area contributed by atoms with Gasteiger partial charge >= 0.3 is 0 Å². The highest BCUT2D eigenvalue weighted by atomic mass is 32.1. The predicted octanol–water partition coefficient (Wildman–Crippen LogP) is 5.95. The van der Waals surface area contributed by atoms with Crippen LogP contribution < -0.4 is 5.32 Å². The van der Waals surface area contributed by atoms with E-state index in [-0.39, 0.29) is 33.7 Å². The molecule has 0 unspecified atom stereocenters. The summed E-state index contributed by atoms with van der Waals surface area (Å²) in [6.07, 6.45) is 8.04. The van der Waals surface area contributed by atoms with Crippen LogP contribution in [0.1, 0.15) is 20.3 Å². The lowest BCUT2D eigenvalue weighted by molar-refractivity contribution is -0.116. The molecular formula is C26H20F2N8OS. The van der Waals surface area contributed by atoms with Gasteiger partial charge in [0.25, 0.3) is 0 Å². The SMILES string of the molecule is CC(C)CC(=O)Nc1cncc(-c2ncc3[nH]nc(-c4nc5c(-c6ccc(F)s6)cncc5[nH]4)c3c2F)c1. The summed E-state index contributed by atoms with van der Waals surface area (Å²) < 4.78 is 29.6. The number of imidazole rings is 1. The number of nitrogens with one attached hydrogen (secondary N) is 3. The van der Waals surface area contributed by atoms with Gasteiger partial charge in [0.15, 0.2) is 16.8 Å². The molecule has 1 amide bonds. The molecule has 0 bridgehead atoms. The third-order valence-corrected chi connectivity index (χ3v) is 6.80. The second kappa shape index (κ2) is 9.38. The topological polar surface area (TPSA) is 125 Å². The molecule has 9 nitrogen and oxygen atoms in total. The van der Waals surface area contributed by atoms with Gasteiger partial charge in [-0.05, 0) is 24.1 Å². The first kappa shape index (κ1) is 23.8. The van der Waals surface area contributed by atoms with Gasteiger partial charge in [0, 0.05) is 34.8 Å². The average molecular weight is 531 g/mol. The number of aromatic amines is 2. The molecule has 0 saturated carbocycles. The molecule has 0 aliphatic heterocycles. The summed E-state index contributed by atoms with van der Waals surface area (Å²) >= 11 is 0.992. The Hall–Kier alpha value is -4.58. The standard InChI is InChI=1S/C26H20F2N8OS/c1-12(2)5-20(37)32-14-6-13(7-29-8-14)23-22(28)21-16(11-31-23)35-36-25(21)26-33-17-10-30-9-15(24(17)34-26)18-3-4-19(27)38-18/h3-4,6-12H,5H2,1-2H3,(H,32,37)(H,33,34)(H,35,36). The normalized spacial score (nSPS) is 11.6. The Morgan fingerprint density at radius 2 is 1.89 bits per heavy atom. The maximum atomic E-state index is 16.0. The minimum absolute atomic E-state index is 0.0557. The van der Waals surface area contributed by atoms with Gasteiger partial charge in [-0.1, -0.05) is 13.8 Å². The van der Waals surface area contributed by atoms with E-state index in [1.807, 2.05) is 13.8 Å². The molecule has 0 aromatic carbocycles. The quantitative estimate of drug-likeness (QED) is 0.244. The molecule has 0 aliphatic carbocycles. The maximum Gasteiger partial charge on any atom is 0.224 e. The van der Waals surface area contributed by atoms with E-state index in [0.29, 0.717) is 50.5 Å². The zero-order chi connectivity index (χ0) is 26.4. The fourth-order valence-electron chi connectivity index (χ4n) is 4.25. The molecule has 0 saturated heterocycles. The van der Waals surface area contributed by atoms with Crippen LogP contribution in [0.3, 0.4) is 0 Å².